The van der Waals surface area contributed by atoms with Gasteiger partial charge in [0.15, 0.2) is 0 Å². The van der Waals surface area contributed by atoms with Gasteiger partial charge in [0, 0.05) is 0 Å². The van der Waals surface area contributed by atoms with Gasteiger partial charge in [0.05, 0.1) is 5.28 Å². The molecule has 2 atom stereocenters. The van der Waals surface area contributed by atoms with Gasteiger partial charge in [-0.15, -0.1) is 21.0 Å². The Morgan fingerprint density at radius 3 is 2.82 bits per heavy atom. The number of hydrogen-bond acceptors (Lipinski definition) is 9. The molecule has 0 bridgehead atoms. The molecule has 0 amide bonds. The van der Waals surface area contributed by atoms with E-state index in [9.17, 15) is 0 Å². The number of hydrogen-bond donors (Lipinski definition) is 4. The summed E-state index contributed by atoms with van der Waals surface area (Å²) in [5.41, 5.74) is 15.5. The van der Waals surface area contributed by atoms with Crippen molar-refractivity contribution >= 4 is 0 Å². The van der Waals surface area contributed by atoms with Gasteiger partial charge < -0.3 is 0 Å². The topological polar surface area (TPSA) is 129 Å². The van der Waals surface area contributed by atoms with Gasteiger partial charge >= 0.3 is 0 Å². The molecular formula is C2H6N6O3. The molecule has 2 aliphatic heterocycles. The maximum absolute atomic E-state index is 5.51. The van der Waals surface area contributed by atoms with E-state index in [4.69, 9.17) is 11.5 Å². The first-order valence-corrected chi connectivity index (χ1v) is 2.71. The van der Waals surface area contributed by atoms with Crippen LogP contribution in [-0.2, 0) is 14.8 Å². The van der Waals surface area contributed by atoms with Crippen LogP contribution in [0.5, 0.6) is 0 Å². The third kappa shape index (κ3) is 0.742. The monoisotopic (exact) mass is 162 g/mol. The van der Waals surface area contributed by atoms with E-state index in [2.05, 4.69) is 36.2 Å². The molecule has 1 saturated heterocycles. The number of rotatable bonds is 0. The molecule has 2 unspecified atom stereocenters. The van der Waals surface area contributed by atoms with Gasteiger partial charge in [0.2, 0.25) is 0 Å². The van der Waals surface area contributed by atoms with Crippen molar-refractivity contribution in [3.63, 3.8) is 0 Å². The second kappa shape index (κ2) is 1.85. The molecular weight excluding hydrogens is 156 g/mol. The van der Waals surface area contributed by atoms with Gasteiger partial charge in [0.25, 0.3) is 11.6 Å². The third-order valence-electron chi connectivity index (χ3n) is 1.38. The lowest BCUT2D eigenvalue weighted by molar-refractivity contribution is -0.406. The largest absolute Gasteiger partial charge is 0.299 e. The lowest BCUT2D eigenvalue weighted by atomic mass is 10.2. The Morgan fingerprint density at radius 1 is 1.27 bits per heavy atom. The van der Waals surface area contributed by atoms with Crippen LogP contribution >= 0.6 is 0 Å². The van der Waals surface area contributed by atoms with Crippen LogP contribution in [0.2, 0.25) is 0 Å². The molecule has 2 rings (SSSR count). The summed E-state index contributed by atoms with van der Waals surface area (Å²) in [6, 6.07) is 0. The molecule has 0 aromatic rings. The Balaban J connectivity index is 2.35. The number of nitrogens with two attached hydrogens (primary N) is 2. The summed E-state index contributed by atoms with van der Waals surface area (Å²) in [5, 5.41) is 6.48. The molecule has 9 nitrogen and oxygen atoms in total. The molecule has 0 saturated carbocycles. The predicted molar refractivity (Wildman–Crippen MR) is 28.2 cm³/mol. The fourth-order valence-corrected chi connectivity index (χ4v) is 0.664. The summed E-state index contributed by atoms with van der Waals surface area (Å²) in [4.78, 5) is 13.1. The van der Waals surface area contributed by atoms with Crippen LogP contribution in [0, 0.1) is 0 Å². The molecule has 0 aliphatic carbocycles. The number of fused-ring (bicyclic) bond motifs is 1. The van der Waals surface area contributed by atoms with Crippen LogP contribution in [0.1, 0.15) is 0 Å². The van der Waals surface area contributed by atoms with E-state index in [1.165, 1.54) is 0 Å². The van der Waals surface area contributed by atoms with E-state index in [1.807, 2.05) is 0 Å². The van der Waals surface area contributed by atoms with Gasteiger partial charge in [-0.1, -0.05) is 0 Å². The van der Waals surface area contributed by atoms with Gasteiger partial charge in [-0.25, -0.2) is 4.94 Å². The van der Waals surface area contributed by atoms with E-state index < -0.39 is 11.6 Å². The molecule has 0 aromatic carbocycles. The zero-order valence-electron chi connectivity index (χ0n) is 5.27. The molecule has 2 heterocycles. The Labute approximate surface area is 60.5 Å². The molecule has 11 heavy (non-hydrogen) atoms. The molecule has 6 N–H and O–H groups in total. The average Bonchev–Trinajstić information content (AvgIpc) is 2.25. The van der Waals surface area contributed by atoms with E-state index in [1.54, 1.807) is 0 Å². The van der Waals surface area contributed by atoms with Crippen LogP contribution in [0.4, 0.5) is 0 Å². The lowest BCUT2D eigenvalue weighted by Gasteiger charge is -2.30. The summed E-state index contributed by atoms with van der Waals surface area (Å²) in [5.74, 6) is -3.03. The standard InChI is InChI=1S/C2H6N6O3/c3-1-2(4,7-10-6-1)9-11-8-5-1/h6-7H,3-4H2. The van der Waals surface area contributed by atoms with Gasteiger partial charge in [-0.2, -0.15) is 4.99 Å². The first kappa shape index (κ1) is 6.84. The molecule has 1 fully saturated rings. The Bertz CT molecular complexity index is 208. The van der Waals surface area contributed by atoms with E-state index >= 15 is 0 Å². The first-order valence-electron chi connectivity index (χ1n) is 2.71. The maximum atomic E-state index is 5.51. The Kier molecular flexibility index (Phi) is 1.15. The van der Waals surface area contributed by atoms with Gasteiger partial charge in [0.1, 0.15) is 0 Å². The van der Waals surface area contributed by atoms with E-state index in [-0.39, 0.29) is 0 Å². The molecule has 62 valence electrons. The van der Waals surface area contributed by atoms with Crippen molar-refractivity contribution in [2.24, 2.45) is 21.9 Å². The van der Waals surface area contributed by atoms with Gasteiger partial charge in [-0.3, -0.25) is 11.5 Å². The fourth-order valence-electron chi connectivity index (χ4n) is 0.664. The Hall–Kier alpha value is -0.840. The fraction of sp³-hybridized carbons (Fsp3) is 1.00. The minimum atomic E-state index is -1.56. The van der Waals surface area contributed by atoms with Crippen molar-refractivity contribution in [2.45, 2.75) is 11.6 Å². The average molecular weight is 162 g/mol. The SMILES string of the molecule is NC12N=NOOC1(N)NON2. The highest BCUT2D eigenvalue weighted by Gasteiger charge is 2.59. The number of nitrogens with one attached hydrogen (secondary N) is 2. The number of nitrogens with zero attached hydrogens (tertiary/aromatic N) is 2. The first-order chi connectivity index (χ1) is 5.16. The second-order valence-corrected chi connectivity index (χ2v) is 2.15. The smallest absolute Gasteiger partial charge is 0.286 e. The van der Waals surface area contributed by atoms with Crippen LogP contribution in [0.25, 0.3) is 0 Å². The van der Waals surface area contributed by atoms with Crippen LogP contribution in [-0.4, -0.2) is 11.6 Å². The molecule has 0 aromatic heterocycles. The minimum absolute atomic E-state index is 1.47. The van der Waals surface area contributed by atoms with Crippen molar-refractivity contribution < 1.29 is 14.8 Å². The maximum Gasteiger partial charge on any atom is 0.299 e. The summed E-state index contributed by atoms with van der Waals surface area (Å²) >= 11 is 0. The van der Waals surface area contributed by atoms with Crippen molar-refractivity contribution in [2.75, 3.05) is 0 Å². The molecule has 0 radical (unpaired) electrons. The highest BCUT2D eigenvalue weighted by Crippen LogP contribution is 2.24. The van der Waals surface area contributed by atoms with Crippen molar-refractivity contribution in [1.29, 1.82) is 0 Å². The van der Waals surface area contributed by atoms with Crippen molar-refractivity contribution in [3.05, 3.63) is 0 Å². The molecule has 0 spiro atoms. The highest BCUT2D eigenvalue weighted by atomic mass is 17.3. The minimum Gasteiger partial charge on any atom is -0.286 e. The van der Waals surface area contributed by atoms with Crippen LogP contribution in [0.15, 0.2) is 10.4 Å². The lowest BCUT2D eigenvalue weighted by Crippen LogP contribution is -2.72. The summed E-state index contributed by atoms with van der Waals surface area (Å²) < 4.78 is 0. The number of hydroxylamine groups is 2. The summed E-state index contributed by atoms with van der Waals surface area (Å²) in [6.07, 6.45) is 0. The van der Waals surface area contributed by atoms with Crippen LogP contribution < -0.4 is 22.4 Å². The van der Waals surface area contributed by atoms with E-state index in [0.29, 0.717) is 0 Å². The van der Waals surface area contributed by atoms with E-state index in [0.717, 1.165) is 0 Å². The summed E-state index contributed by atoms with van der Waals surface area (Å²) in [7, 11) is 0. The zero-order chi connectivity index (χ0) is 7.95. The summed E-state index contributed by atoms with van der Waals surface area (Å²) in [6.45, 7) is 0. The quantitative estimate of drug-likeness (QED) is 0.292. The molecule has 9 heteroatoms. The molecule has 2 aliphatic rings. The van der Waals surface area contributed by atoms with Crippen molar-refractivity contribution in [1.82, 2.24) is 11.0 Å². The van der Waals surface area contributed by atoms with Crippen molar-refractivity contribution in [3.8, 4) is 0 Å². The Morgan fingerprint density at radius 2 is 2.09 bits per heavy atom. The van der Waals surface area contributed by atoms with Crippen LogP contribution in [0.3, 0.4) is 0 Å². The second-order valence-electron chi connectivity index (χ2n) is 2.15. The zero-order valence-corrected chi connectivity index (χ0v) is 5.27. The highest BCUT2D eigenvalue weighted by molar-refractivity contribution is 4.93. The van der Waals surface area contributed by atoms with Gasteiger partial charge in [-0.05, 0) is 0 Å². The normalized spacial score (nSPS) is 48.5. The third-order valence-corrected chi connectivity index (χ3v) is 1.38. The predicted octanol–water partition coefficient (Wildman–Crippen LogP) is -2.42.